The molecule has 0 bridgehead atoms. The number of nitrogens with zero attached hydrogens (tertiary/aromatic N) is 4. The summed E-state index contributed by atoms with van der Waals surface area (Å²) in [4.78, 5) is 12.6. The number of carbonyl (C=O) groups excluding carboxylic acids is 1. The highest BCUT2D eigenvalue weighted by Crippen LogP contribution is 2.23. The average molecular weight is 364 g/mol. The number of tetrazole rings is 1. The molecule has 0 N–H and O–H groups in total. The van der Waals surface area contributed by atoms with E-state index >= 15 is 0 Å². The van der Waals surface area contributed by atoms with E-state index in [1.54, 1.807) is 4.68 Å². The van der Waals surface area contributed by atoms with Gasteiger partial charge in [-0.15, -0.1) is 5.10 Å². The van der Waals surface area contributed by atoms with E-state index in [1.807, 2.05) is 36.4 Å². The molecule has 1 aliphatic rings. The van der Waals surface area contributed by atoms with Gasteiger partial charge in [-0.3, -0.25) is 4.79 Å². The lowest BCUT2D eigenvalue weighted by Crippen LogP contribution is -2.09. The van der Waals surface area contributed by atoms with Crippen molar-refractivity contribution in [3.8, 4) is 0 Å². The number of Topliss-reactive ketones (excluding diaryl/α,β-unsaturated/α-hetero) is 1. The molecule has 0 spiro atoms. The summed E-state index contributed by atoms with van der Waals surface area (Å²) in [5.41, 5.74) is 4.65. The van der Waals surface area contributed by atoms with Crippen LogP contribution >= 0.6 is 11.8 Å². The van der Waals surface area contributed by atoms with E-state index < -0.39 is 0 Å². The summed E-state index contributed by atoms with van der Waals surface area (Å²) in [7, 11) is 0. The van der Waals surface area contributed by atoms with Crippen molar-refractivity contribution in [2.24, 2.45) is 0 Å². The monoisotopic (exact) mass is 364 g/mol. The zero-order valence-electron chi connectivity index (χ0n) is 14.5. The number of rotatable bonds is 6. The maximum absolute atomic E-state index is 12.6. The molecule has 6 heteroatoms. The molecule has 1 aromatic heterocycles. The Morgan fingerprint density at radius 1 is 1.04 bits per heavy atom. The third kappa shape index (κ3) is 3.85. The normalized spacial score (nSPS) is 13.4. The van der Waals surface area contributed by atoms with E-state index in [0.29, 0.717) is 17.5 Å². The molecule has 0 saturated heterocycles. The molecule has 0 fully saturated rings. The average Bonchev–Trinajstić information content (AvgIpc) is 3.13. The molecule has 4 rings (SSSR count). The molecule has 3 aromatic rings. The molecule has 0 amide bonds. The van der Waals surface area contributed by atoms with Gasteiger partial charge in [0.05, 0.1) is 12.3 Å². The minimum atomic E-state index is 0.123. The van der Waals surface area contributed by atoms with Crippen LogP contribution < -0.4 is 0 Å². The van der Waals surface area contributed by atoms with Crippen LogP contribution in [-0.4, -0.2) is 31.7 Å². The summed E-state index contributed by atoms with van der Waals surface area (Å²) in [6, 6.07) is 16.2. The van der Waals surface area contributed by atoms with Crippen molar-refractivity contribution < 1.29 is 4.79 Å². The molecule has 0 radical (unpaired) electrons. The number of ketones is 1. The Labute approximate surface area is 156 Å². The maximum atomic E-state index is 12.6. The lowest BCUT2D eigenvalue weighted by atomic mass is 9.90. The van der Waals surface area contributed by atoms with Crippen molar-refractivity contribution >= 4 is 17.5 Å². The van der Waals surface area contributed by atoms with Gasteiger partial charge in [0.1, 0.15) is 0 Å². The lowest BCUT2D eigenvalue weighted by molar-refractivity contribution is 0.102. The minimum absolute atomic E-state index is 0.123. The van der Waals surface area contributed by atoms with E-state index in [2.05, 4.69) is 27.7 Å². The van der Waals surface area contributed by atoms with Crippen LogP contribution in [0.25, 0.3) is 0 Å². The predicted molar refractivity (Wildman–Crippen MR) is 101 cm³/mol. The fraction of sp³-hybridized carbons (Fsp3) is 0.300. The summed E-state index contributed by atoms with van der Waals surface area (Å²) >= 11 is 1.39. The number of hydrogen-bond donors (Lipinski definition) is 0. The molecule has 5 nitrogen and oxygen atoms in total. The number of carbonyl (C=O) groups is 1. The predicted octanol–water partition coefficient (Wildman–Crippen LogP) is 3.58. The molecular weight excluding hydrogens is 344 g/mol. The van der Waals surface area contributed by atoms with Crippen LogP contribution in [-0.2, 0) is 19.4 Å². The Hall–Kier alpha value is -2.47. The molecule has 132 valence electrons. The fourth-order valence-electron chi connectivity index (χ4n) is 3.28. The van der Waals surface area contributed by atoms with E-state index in [1.165, 1.54) is 35.7 Å². The second-order valence-electron chi connectivity index (χ2n) is 6.51. The second-order valence-corrected chi connectivity index (χ2v) is 7.45. The summed E-state index contributed by atoms with van der Waals surface area (Å²) < 4.78 is 1.74. The van der Waals surface area contributed by atoms with Gasteiger partial charge >= 0.3 is 0 Å². The second kappa shape index (κ2) is 7.83. The number of fused-ring (bicyclic) bond motifs is 1. The van der Waals surface area contributed by atoms with Gasteiger partial charge in [0.15, 0.2) is 5.78 Å². The Morgan fingerprint density at radius 3 is 2.69 bits per heavy atom. The zero-order valence-corrected chi connectivity index (χ0v) is 15.3. The van der Waals surface area contributed by atoms with Crippen molar-refractivity contribution in [2.45, 2.75) is 37.4 Å². The van der Waals surface area contributed by atoms with Crippen LogP contribution in [0.4, 0.5) is 0 Å². The first-order chi connectivity index (χ1) is 12.8. The van der Waals surface area contributed by atoms with Crippen LogP contribution in [0, 0.1) is 0 Å². The van der Waals surface area contributed by atoms with Gasteiger partial charge in [-0.25, -0.2) is 4.68 Å². The van der Waals surface area contributed by atoms with Crippen LogP contribution in [0.3, 0.4) is 0 Å². The first-order valence-electron chi connectivity index (χ1n) is 8.87. The first kappa shape index (κ1) is 17.0. The van der Waals surface area contributed by atoms with Crippen molar-refractivity contribution in [1.29, 1.82) is 0 Å². The van der Waals surface area contributed by atoms with Gasteiger partial charge in [-0.05, 0) is 58.9 Å². The molecule has 0 atom stereocenters. The quantitative estimate of drug-likeness (QED) is 0.494. The summed E-state index contributed by atoms with van der Waals surface area (Å²) in [5.74, 6) is 0.464. The largest absolute Gasteiger partial charge is 0.293 e. The van der Waals surface area contributed by atoms with Gasteiger partial charge < -0.3 is 0 Å². The highest BCUT2D eigenvalue weighted by molar-refractivity contribution is 7.99. The van der Waals surface area contributed by atoms with Crippen molar-refractivity contribution in [3.63, 3.8) is 0 Å². The number of aromatic nitrogens is 4. The van der Waals surface area contributed by atoms with Crippen molar-refractivity contribution in [2.75, 3.05) is 5.75 Å². The number of aryl methyl sites for hydroxylation is 2. The smallest absolute Gasteiger partial charge is 0.210 e. The number of hydrogen-bond acceptors (Lipinski definition) is 5. The van der Waals surface area contributed by atoms with Crippen LogP contribution in [0.1, 0.15) is 39.9 Å². The van der Waals surface area contributed by atoms with E-state index in [4.69, 9.17) is 0 Å². The number of benzene rings is 2. The highest BCUT2D eigenvalue weighted by atomic mass is 32.2. The topological polar surface area (TPSA) is 60.7 Å². The van der Waals surface area contributed by atoms with Gasteiger partial charge in [-0.2, -0.15) is 0 Å². The molecule has 0 unspecified atom stereocenters. The fourth-order valence-corrected chi connectivity index (χ4v) is 4.05. The standard InChI is InChI=1S/C20H20N4OS/c25-19(18-11-10-16-8-4-5-9-17(16)12-18)14-26-20-21-22-23-24(20)13-15-6-2-1-3-7-15/h1-3,6-7,10-12H,4-5,8-9,13-14H2. The maximum Gasteiger partial charge on any atom is 0.210 e. The van der Waals surface area contributed by atoms with Crippen molar-refractivity contribution in [1.82, 2.24) is 20.2 Å². The van der Waals surface area contributed by atoms with Gasteiger partial charge in [-0.1, -0.05) is 54.2 Å². The Balaban J connectivity index is 1.41. The molecule has 1 heterocycles. The van der Waals surface area contributed by atoms with E-state index in [9.17, 15) is 4.79 Å². The van der Waals surface area contributed by atoms with E-state index in [0.717, 1.165) is 24.0 Å². The molecule has 0 aliphatic heterocycles. The molecule has 2 aromatic carbocycles. The lowest BCUT2D eigenvalue weighted by Gasteiger charge is -2.16. The van der Waals surface area contributed by atoms with E-state index in [-0.39, 0.29) is 5.78 Å². The summed E-state index contributed by atoms with van der Waals surface area (Å²) in [6.45, 7) is 0.600. The Morgan fingerprint density at radius 2 is 1.85 bits per heavy atom. The third-order valence-corrected chi connectivity index (χ3v) is 5.63. The van der Waals surface area contributed by atoms with Crippen LogP contribution in [0.5, 0.6) is 0 Å². The minimum Gasteiger partial charge on any atom is -0.293 e. The Kier molecular flexibility index (Phi) is 5.11. The summed E-state index contributed by atoms with van der Waals surface area (Å²) in [5, 5.41) is 12.5. The van der Waals surface area contributed by atoms with Gasteiger partial charge in [0.2, 0.25) is 5.16 Å². The number of thioether (sulfide) groups is 1. The molecule has 0 saturated carbocycles. The third-order valence-electron chi connectivity index (χ3n) is 4.68. The van der Waals surface area contributed by atoms with Gasteiger partial charge in [0.25, 0.3) is 0 Å². The summed E-state index contributed by atoms with van der Waals surface area (Å²) in [6.07, 6.45) is 4.68. The molecule has 26 heavy (non-hydrogen) atoms. The first-order valence-corrected chi connectivity index (χ1v) is 9.86. The SMILES string of the molecule is O=C(CSc1nnnn1Cc1ccccc1)c1ccc2c(c1)CCCC2. The Bertz CT molecular complexity index is 907. The van der Waals surface area contributed by atoms with Crippen LogP contribution in [0.2, 0.25) is 0 Å². The zero-order chi connectivity index (χ0) is 17.8. The van der Waals surface area contributed by atoms with Crippen LogP contribution in [0.15, 0.2) is 53.7 Å². The molecule has 1 aliphatic carbocycles. The van der Waals surface area contributed by atoms with Crippen molar-refractivity contribution in [3.05, 3.63) is 70.8 Å². The van der Waals surface area contributed by atoms with Gasteiger partial charge in [0, 0.05) is 5.56 Å². The highest BCUT2D eigenvalue weighted by Gasteiger charge is 2.15. The molecular formula is C20H20N4OS.